The number of hydrogen-bond donors (Lipinski definition) is 0. The van der Waals surface area contributed by atoms with Crippen molar-refractivity contribution in [1.29, 1.82) is 0 Å². The van der Waals surface area contributed by atoms with E-state index < -0.39 is 5.92 Å². The van der Waals surface area contributed by atoms with Crippen molar-refractivity contribution in [2.45, 2.75) is 25.2 Å². The Kier molecular flexibility index (Phi) is 4.10. The summed E-state index contributed by atoms with van der Waals surface area (Å²) in [6, 6.07) is 4.86. The van der Waals surface area contributed by atoms with E-state index in [-0.39, 0.29) is 43.6 Å². The molecule has 0 aliphatic carbocycles. The van der Waals surface area contributed by atoms with Gasteiger partial charge >= 0.3 is 0 Å². The molecule has 3 heterocycles. The maximum absolute atomic E-state index is 13.8. The number of benzene rings is 1. The average molecular weight is 369 g/mol. The van der Waals surface area contributed by atoms with E-state index in [2.05, 4.69) is 4.98 Å². The molecule has 25 heavy (non-hydrogen) atoms. The number of thiazole rings is 1. The van der Waals surface area contributed by atoms with Gasteiger partial charge in [-0.3, -0.25) is 4.79 Å². The Morgan fingerprint density at radius 2 is 2.00 bits per heavy atom. The highest BCUT2D eigenvalue weighted by Gasteiger charge is 2.39. The molecule has 1 unspecified atom stereocenters. The van der Waals surface area contributed by atoms with Crippen molar-refractivity contribution in [1.82, 2.24) is 9.88 Å². The first kappa shape index (κ1) is 16.6. The van der Waals surface area contributed by atoms with Gasteiger partial charge in [0.05, 0.1) is 10.6 Å². The molecule has 4 rings (SSSR count). The second kappa shape index (κ2) is 6.16. The molecule has 2 aliphatic heterocycles. The van der Waals surface area contributed by atoms with E-state index in [9.17, 15) is 18.0 Å². The third kappa shape index (κ3) is 3.19. The molecule has 0 radical (unpaired) electrons. The van der Waals surface area contributed by atoms with Gasteiger partial charge in [-0.1, -0.05) is 17.4 Å². The van der Waals surface area contributed by atoms with Gasteiger partial charge in [0.15, 0.2) is 5.13 Å². The standard InChI is InChI=1S/C17H18F3N3OS/c18-12-2-1-3-13-14(12)21-16(25-13)23-7-4-11(10-23)15(24)22-8-5-17(19,20)6-9-22/h1-3,11H,4-10H2. The van der Waals surface area contributed by atoms with Gasteiger partial charge in [-0.25, -0.2) is 18.2 Å². The number of para-hydroxylation sites is 1. The SMILES string of the molecule is O=C(C1CCN(c2nc3c(F)cccc3s2)C1)N1CCC(F)(F)CC1. The summed E-state index contributed by atoms with van der Waals surface area (Å²) in [6.45, 7) is 1.42. The number of nitrogens with zero attached hydrogens (tertiary/aromatic N) is 3. The largest absolute Gasteiger partial charge is 0.347 e. The zero-order chi connectivity index (χ0) is 17.6. The third-order valence-electron chi connectivity index (χ3n) is 4.97. The molecule has 0 saturated carbocycles. The third-order valence-corrected chi connectivity index (χ3v) is 6.05. The van der Waals surface area contributed by atoms with Crippen molar-refractivity contribution in [3.63, 3.8) is 0 Å². The Bertz CT molecular complexity index is 800. The molecule has 4 nitrogen and oxygen atoms in total. The van der Waals surface area contributed by atoms with Gasteiger partial charge in [0.25, 0.3) is 5.92 Å². The summed E-state index contributed by atoms with van der Waals surface area (Å²) >= 11 is 1.41. The predicted molar refractivity (Wildman–Crippen MR) is 90.7 cm³/mol. The van der Waals surface area contributed by atoms with E-state index in [0.29, 0.717) is 30.2 Å². The molecule has 2 fully saturated rings. The van der Waals surface area contributed by atoms with Gasteiger partial charge in [-0.15, -0.1) is 0 Å². The molecule has 2 aromatic rings. The van der Waals surface area contributed by atoms with E-state index in [1.165, 1.54) is 17.4 Å². The number of anilines is 1. The van der Waals surface area contributed by atoms with Gasteiger partial charge in [0, 0.05) is 39.0 Å². The van der Waals surface area contributed by atoms with Crippen LogP contribution >= 0.6 is 11.3 Å². The fourth-order valence-corrected chi connectivity index (χ4v) is 4.50. The highest BCUT2D eigenvalue weighted by Crippen LogP contribution is 2.34. The van der Waals surface area contributed by atoms with Crippen LogP contribution in [-0.4, -0.2) is 47.9 Å². The monoisotopic (exact) mass is 369 g/mol. The molecule has 2 saturated heterocycles. The lowest BCUT2D eigenvalue weighted by Crippen LogP contribution is -2.45. The van der Waals surface area contributed by atoms with Gasteiger partial charge < -0.3 is 9.80 Å². The van der Waals surface area contributed by atoms with Crippen LogP contribution in [0.15, 0.2) is 18.2 Å². The lowest BCUT2D eigenvalue weighted by molar-refractivity contribution is -0.140. The molecule has 2 aliphatic rings. The molecule has 0 spiro atoms. The summed E-state index contributed by atoms with van der Waals surface area (Å²) < 4.78 is 41.1. The van der Waals surface area contributed by atoms with E-state index >= 15 is 0 Å². The number of hydrogen-bond acceptors (Lipinski definition) is 4. The number of aromatic nitrogens is 1. The molecular formula is C17H18F3N3OS. The molecule has 134 valence electrons. The van der Waals surface area contributed by atoms with Gasteiger partial charge in [-0.2, -0.15) is 0 Å². The van der Waals surface area contributed by atoms with Crippen LogP contribution in [0.5, 0.6) is 0 Å². The van der Waals surface area contributed by atoms with E-state index in [1.807, 2.05) is 11.0 Å². The van der Waals surface area contributed by atoms with Crippen LogP contribution in [0.4, 0.5) is 18.3 Å². The molecule has 1 atom stereocenters. The average Bonchev–Trinajstić information content (AvgIpc) is 3.21. The van der Waals surface area contributed by atoms with Crippen molar-refractivity contribution in [2.24, 2.45) is 5.92 Å². The van der Waals surface area contributed by atoms with Crippen LogP contribution in [0.2, 0.25) is 0 Å². The molecule has 8 heteroatoms. The Hall–Kier alpha value is -1.83. The first-order valence-corrected chi connectivity index (χ1v) is 9.21. The summed E-state index contributed by atoms with van der Waals surface area (Å²) in [7, 11) is 0. The number of likely N-dealkylation sites (tertiary alicyclic amines) is 1. The Balaban J connectivity index is 1.44. The van der Waals surface area contributed by atoms with Crippen molar-refractivity contribution in [3.05, 3.63) is 24.0 Å². The minimum atomic E-state index is -2.65. The van der Waals surface area contributed by atoms with Crippen LogP contribution in [0.3, 0.4) is 0 Å². The maximum atomic E-state index is 13.8. The van der Waals surface area contributed by atoms with Gasteiger partial charge in [0.2, 0.25) is 5.91 Å². The lowest BCUT2D eigenvalue weighted by atomic mass is 10.0. The molecule has 1 aromatic heterocycles. The quantitative estimate of drug-likeness (QED) is 0.813. The molecule has 0 N–H and O–H groups in total. The minimum absolute atomic E-state index is 0.0507. The molecule has 0 bridgehead atoms. The van der Waals surface area contributed by atoms with E-state index in [4.69, 9.17) is 0 Å². The van der Waals surface area contributed by atoms with Crippen molar-refractivity contribution in [3.8, 4) is 0 Å². The van der Waals surface area contributed by atoms with Crippen molar-refractivity contribution < 1.29 is 18.0 Å². The van der Waals surface area contributed by atoms with Gasteiger partial charge in [-0.05, 0) is 18.6 Å². The Morgan fingerprint density at radius 1 is 1.24 bits per heavy atom. The maximum Gasteiger partial charge on any atom is 0.251 e. The van der Waals surface area contributed by atoms with Crippen LogP contribution in [0.25, 0.3) is 10.2 Å². The van der Waals surface area contributed by atoms with Crippen LogP contribution in [-0.2, 0) is 4.79 Å². The Labute approximate surface area is 147 Å². The fraction of sp³-hybridized carbons (Fsp3) is 0.529. The minimum Gasteiger partial charge on any atom is -0.347 e. The van der Waals surface area contributed by atoms with Crippen molar-refractivity contribution >= 4 is 32.6 Å². The topological polar surface area (TPSA) is 36.4 Å². The summed E-state index contributed by atoms with van der Waals surface area (Å²) in [6.07, 6.45) is 0.156. The molecule has 1 amide bonds. The van der Waals surface area contributed by atoms with E-state index in [1.54, 1.807) is 11.0 Å². The summed E-state index contributed by atoms with van der Waals surface area (Å²) in [4.78, 5) is 20.5. The van der Waals surface area contributed by atoms with Gasteiger partial charge in [0.1, 0.15) is 11.3 Å². The molecular weight excluding hydrogens is 351 g/mol. The number of fused-ring (bicyclic) bond motifs is 1. The normalized spacial score (nSPS) is 23.4. The number of alkyl halides is 2. The van der Waals surface area contributed by atoms with Crippen LogP contribution in [0.1, 0.15) is 19.3 Å². The number of carbonyl (C=O) groups is 1. The van der Waals surface area contributed by atoms with Crippen molar-refractivity contribution in [2.75, 3.05) is 31.1 Å². The van der Waals surface area contributed by atoms with Crippen LogP contribution in [0, 0.1) is 11.7 Å². The highest BCUT2D eigenvalue weighted by molar-refractivity contribution is 7.22. The predicted octanol–water partition coefficient (Wildman–Crippen LogP) is 3.52. The fourth-order valence-electron chi connectivity index (χ4n) is 3.49. The number of halogens is 3. The second-order valence-electron chi connectivity index (χ2n) is 6.70. The summed E-state index contributed by atoms with van der Waals surface area (Å²) in [5.74, 6) is -3.25. The zero-order valence-electron chi connectivity index (χ0n) is 13.6. The number of piperidine rings is 1. The van der Waals surface area contributed by atoms with Crippen LogP contribution < -0.4 is 4.90 Å². The lowest BCUT2D eigenvalue weighted by Gasteiger charge is -2.33. The number of rotatable bonds is 2. The smallest absolute Gasteiger partial charge is 0.251 e. The van der Waals surface area contributed by atoms with E-state index in [0.717, 1.165) is 4.70 Å². The summed E-state index contributed by atoms with van der Waals surface area (Å²) in [5.41, 5.74) is 0.357. The second-order valence-corrected chi connectivity index (χ2v) is 7.70. The highest BCUT2D eigenvalue weighted by atomic mass is 32.1. The first-order chi connectivity index (χ1) is 11.9. The summed E-state index contributed by atoms with van der Waals surface area (Å²) in [5, 5.41) is 0.709. The zero-order valence-corrected chi connectivity index (χ0v) is 14.4. The molecule has 1 aromatic carbocycles. The number of carbonyl (C=O) groups excluding carboxylic acids is 1. The number of amides is 1. The Morgan fingerprint density at radius 3 is 2.72 bits per heavy atom. The first-order valence-electron chi connectivity index (χ1n) is 8.39.